The number of allylic oxidation sites excluding steroid dienone is 2. The quantitative estimate of drug-likeness (QED) is 0.567. The van der Waals surface area contributed by atoms with Crippen LogP contribution in [0.15, 0.2) is 11.6 Å². The molecule has 0 spiro atoms. The van der Waals surface area contributed by atoms with Crippen LogP contribution in [0.2, 0.25) is 0 Å². The molecule has 3 saturated carbocycles. The molecular formula is C23H36O3. The Morgan fingerprint density at radius 2 is 1.96 bits per heavy atom. The lowest BCUT2D eigenvalue weighted by Crippen LogP contribution is -2.56. The standard InChI is InChI=1S/C23H36O3/c1-16(25)26-23(14-15-24)13-10-20-18-8-7-17-6-4-5-11-21(17,2)19(18)9-12-22(20,23)3/h6,18-20,24H,4-5,7-15H2,1-3H3/t18-,19+,20+,21+,22+,23+/m1/s1. The fourth-order valence-corrected chi connectivity index (χ4v) is 7.93. The summed E-state index contributed by atoms with van der Waals surface area (Å²) in [7, 11) is 0. The Labute approximate surface area is 158 Å². The van der Waals surface area contributed by atoms with Crippen LogP contribution in [0.4, 0.5) is 0 Å². The van der Waals surface area contributed by atoms with Crippen LogP contribution >= 0.6 is 0 Å². The fourth-order valence-electron chi connectivity index (χ4n) is 7.93. The number of hydrogen-bond acceptors (Lipinski definition) is 3. The fraction of sp³-hybridized carbons (Fsp3) is 0.870. The Morgan fingerprint density at radius 1 is 1.19 bits per heavy atom. The molecule has 0 radical (unpaired) electrons. The molecular weight excluding hydrogens is 324 g/mol. The Kier molecular flexibility index (Phi) is 4.53. The largest absolute Gasteiger partial charge is 0.459 e. The van der Waals surface area contributed by atoms with E-state index in [1.54, 1.807) is 5.57 Å². The van der Waals surface area contributed by atoms with Gasteiger partial charge in [-0.1, -0.05) is 25.5 Å². The van der Waals surface area contributed by atoms with E-state index in [-0.39, 0.29) is 18.0 Å². The molecule has 4 aliphatic rings. The molecule has 3 fully saturated rings. The van der Waals surface area contributed by atoms with Crippen LogP contribution in [-0.2, 0) is 9.53 Å². The van der Waals surface area contributed by atoms with Gasteiger partial charge >= 0.3 is 5.97 Å². The summed E-state index contributed by atoms with van der Waals surface area (Å²) in [6, 6.07) is 0. The topological polar surface area (TPSA) is 46.5 Å². The normalized spacial score (nSPS) is 47.4. The Morgan fingerprint density at radius 3 is 2.69 bits per heavy atom. The van der Waals surface area contributed by atoms with Gasteiger partial charge in [-0.3, -0.25) is 4.79 Å². The number of hydrogen-bond donors (Lipinski definition) is 1. The second kappa shape index (κ2) is 6.36. The lowest BCUT2D eigenvalue weighted by Gasteiger charge is -2.59. The van der Waals surface area contributed by atoms with Crippen molar-refractivity contribution < 1.29 is 14.6 Å². The van der Waals surface area contributed by atoms with E-state index in [0.717, 1.165) is 31.1 Å². The highest BCUT2D eigenvalue weighted by atomic mass is 16.6. The molecule has 146 valence electrons. The van der Waals surface area contributed by atoms with Crippen LogP contribution in [0, 0.1) is 28.6 Å². The van der Waals surface area contributed by atoms with Crippen molar-refractivity contribution in [3.05, 3.63) is 11.6 Å². The maximum absolute atomic E-state index is 11.9. The molecule has 3 nitrogen and oxygen atoms in total. The van der Waals surface area contributed by atoms with Crippen LogP contribution < -0.4 is 0 Å². The van der Waals surface area contributed by atoms with Gasteiger partial charge in [-0.15, -0.1) is 0 Å². The van der Waals surface area contributed by atoms with Gasteiger partial charge in [0.05, 0.1) is 0 Å². The summed E-state index contributed by atoms with van der Waals surface area (Å²) in [5, 5.41) is 9.74. The van der Waals surface area contributed by atoms with E-state index in [1.807, 2.05) is 0 Å². The van der Waals surface area contributed by atoms with Crippen molar-refractivity contribution in [3.63, 3.8) is 0 Å². The van der Waals surface area contributed by atoms with Gasteiger partial charge in [-0.2, -0.15) is 0 Å². The van der Waals surface area contributed by atoms with Crippen molar-refractivity contribution in [2.24, 2.45) is 28.6 Å². The van der Waals surface area contributed by atoms with Crippen molar-refractivity contribution in [3.8, 4) is 0 Å². The van der Waals surface area contributed by atoms with E-state index in [2.05, 4.69) is 19.9 Å². The van der Waals surface area contributed by atoms with Crippen LogP contribution in [0.1, 0.15) is 85.0 Å². The van der Waals surface area contributed by atoms with E-state index < -0.39 is 5.60 Å². The molecule has 0 aliphatic heterocycles. The first-order chi connectivity index (χ1) is 12.4. The van der Waals surface area contributed by atoms with Gasteiger partial charge < -0.3 is 9.84 Å². The van der Waals surface area contributed by atoms with Crippen molar-refractivity contribution in [1.29, 1.82) is 0 Å². The molecule has 3 heteroatoms. The van der Waals surface area contributed by atoms with E-state index in [1.165, 1.54) is 45.4 Å². The minimum atomic E-state index is -0.452. The number of aliphatic hydroxyl groups is 1. The van der Waals surface area contributed by atoms with Crippen LogP contribution in [0.3, 0.4) is 0 Å². The first kappa shape index (κ1) is 18.5. The average molecular weight is 361 g/mol. The third kappa shape index (κ3) is 2.45. The number of carbonyl (C=O) groups is 1. The SMILES string of the molecule is CC(=O)O[C@]1(CCO)CC[C@H]2[C@@H]3CCC4=CCCC[C@]4(C)[C@H]3CC[C@@]21C. The lowest BCUT2D eigenvalue weighted by atomic mass is 9.46. The molecule has 0 aromatic carbocycles. The van der Waals surface area contributed by atoms with Crippen molar-refractivity contribution >= 4 is 5.97 Å². The second-order valence-corrected chi connectivity index (χ2v) is 10.0. The third-order valence-electron chi connectivity index (χ3n) is 9.17. The molecule has 6 atom stereocenters. The van der Waals surface area contributed by atoms with Gasteiger partial charge in [0.25, 0.3) is 0 Å². The predicted octanol–water partition coefficient (Wildman–Crippen LogP) is 5.02. The second-order valence-electron chi connectivity index (χ2n) is 10.0. The van der Waals surface area contributed by atoms with Crippen molar-refractivity contribution in [1.82, 2.24) is 0 Å². The molecule has 1 N–H and O–H groups in total. The van der Waals surface area contributed by atoms with Gasteiger partial charge in [0.1, 0.15) is 5.60 Å². The molecule has 4 rings (SSSR count). The third-order valence-corrected chi connectivity index (χ3v) is 9.17. The van der Waals surface area contributed by atoms with Gasteiger partial charge in [-0.05, 0) is 81.0 Å². The Hall–Kier alpha value is -0.830. The van der Waals surface area contributed by atoms with E-state index >= 15 is 0 Å². The zero-order chi connectivity index (χ0) is 18.6. The van der Waals surface area contributed by atoms with Gasteiger partial charge in [0, 0.05) is 25.4 Å². The highest BCUT2D eigenvalue weighted by molar-refractivity contribution is 5.66. The number of aliphatic hydroxyl groups excluding tert-OH is 1. The summed E-state index contributed by atoms with van der Waals surface area (Å²) in [5.74, 6) is 2.00. The number of carbonyl (C=O) groups excluding carboxylic acids is 1. The zero-order valence-corrected chi connectivity index (χ0v) is 16.9. The van der Waals surface area contributed by atoms with E-state index in [4.69, 9.17) is 4.74 Å². The number of esters is 1. The minimum Gasteiger partial charge on any atom is -0.459 e. The Balaban J connectivity index is 1.67. The first-order valence-electron chi connectivity index (χ1n) is 10.9. The number of ether oxygens (including phenoxy) is 1. The molecule has 26 heavy (non-hydrogen) atoms. The van der Waals surface area contributed by atoms with Crippen molar-refractivity contribution in [2.45, 2.75) is 90.6 Å². The maximum Gasteiger partial charge on any atom is 0.303 e. The molecule has 0 aromatic heterocycles. The monoisotopic (exact) mass is 360 g/mol. The van der Waals surface area contributed by atoms with Crippen LogP contribution in [-0.4, -0.2) is 23.3 Å². The first-order valence-corrected chi connectivity index (χ1v) is 10.9. The van der Waals surface area contributed by atoms with Crippen LogP contribution in [0.25, 0.3) is 0 Å². The molecule has 0 amide bonds. The summed E-state index contributed by atoms with van der Waals surface area (Å²) in [4.78, 5) is 11.9. The van der Waals surface area contributed by atoms with Gasteiger partial charge in [-0.25, -0.2) is 0 Å². The summed E-state index contributed by atoms with van der Waals surface area (Å²) >= 11 is 0. The predicted molar refractivity (Wildman–Crippen MR) is 103 cm³/mol. The zero-order valence-electron chi connectivity index (χ0n) is 16.9. The van der Waals surface area contributed by atoms with Gasteiger partial charge in [0.2, 0.25) is 0 Å². The molecule has 0 aromatic rings. The smallest absolute Gasteiger partial charge is 0.303 e. The Bertz CT molecular complexity index is 611. The summed E-state index contributed by atoms with van der Waals surface area (Å²) in [6.45, 7) is 6.55. The van der Waals surface area contributed by atoms with Crippen LogP contribution in [0.5, 0.6) is 0 Å². The molecule has 0 saturated heterocycles. The van der Waals surface area contributed by atoms with Gasteiger partial charge in [0.15, 0.2) is 0 Å². The average Bonchev–Trinajstić information content (AvgIpc) is 2.87. The maximum atomic E-state index is 11.9. The summed E-state index contributed by atoms with van der Waals surface area (Å²) in [5.41, 5.74) is 1.72. The summed E-state index contributed by atoms with van der Waals surface area (Å²) in [6.07, 6.45) is 14.2. The number of rotatable bonds is 3. The highest BCUT2D eigenvalue weighted by Gasteiger charge is 2.65. The van der Waals surface area contributed by atoms with E-state index in [9.17, 15) is 9.90 Å². The molecule has 0 unspecified atom stereocenters. The van der Waals surface area contributed by atoms with Crippen molar-refractivity contribution in [2.75, 3.05) is 6.61 Å². The molecule has 0 bridgehead atoms. The van der Waals surface area contributed by atoms with E-state index in [0.29, 0.717) is 17.8 Å². The highest BCUT2D eigenvalue weighted by Crippen LogP contribution is 2.68. The summed E-state index contributed by atoms with van der Waals surface area (Å²) < 4.78 is 6.01. The molecule has 0 heterocycles. The molecule has 4 aliphatic carbocycles. The minimum absolute atomic E-state index is 0.0226. The number of fused-ring (bicyclic) bond motifs is 5. The lowest BCUT2D eigenvalue weighted by molar-refractivity contribution is -0.185.